The van der Waals surface area contributed by atoms with Gasteiger partial charge in [0.15, 0.2) is 5.82 Å². The van der Waals surface area contributed by atoms with Crippen molar-refractivity contribution in [1.82, 2.24) is 0 Å². The van der Waals surface area contributed by atoms with E-state index in [1.54, 1.807) is 24.3 Å². The first-order chi connectivity index (χ1) is 9.37. The van der Waals surface area contributed by atoms with Crippen LogP contribution in [0.1, 0.15) is 5.56 Å². The molecule has 0 atom stereocenters. The molecule has 0 heterocycles. The van der Waals surface area contributed by atoms with Crippen LogP contribution in [0.5, 0.6) is 0 Å². The topological polar surface area (TPSA) is 72.2 Å². The first kappa shape index (κ1) is 14.6. The average molecular weight is 315 g/mol. The average Bonchev–Trinajstić information content (AvgIpc) is 2.37. The van der Waals surface area contributed by atoms with Crippen molar-refractivity contribution in [1.29, 1.82) is 0 Å². The van der Waals surface area contributed by atoms with Gasteiger partial charge in [-0.25, -0.2) is 12.8 Å². The van der Waals surface area contributed by atoms with Gasteiger partial charge < -0.3 is 5.73 Å². The van der Waals surface area contributed by atoms with Gasteiger partial charge in [0.25, 0.3) is 0 Å². The fourth-order valence-corrected chi connectivity index (χ4v) is 2.99. The number of hydrogen-bond acceptors (Lipinski definition) is 3. The zero-order valence-electron chi connectivity index (χ0n) is 10.3. The first-order valence-corrected chi connectivity index (χ1v) is 7.69. The Morgan fingerprint density at radius 2 is 1.80 bits per heavy atom. The van der Waals surface area contributed by atoms with Crippen molar-refractivity contribution >= 4 is 33.0 Å². The Labute approximate surface area is 121 Å². The summed E-state index contributed by atoms with van der Waals surface area (Å²) >= 11 is 5.60. The summed E-state index contributed by atoms with van der Waals surface area (Å²) < 4.78 is 39.8. The van der Waals surface area contributed by atoms with Crippen LogP contribution in [0, 0.1) is 5.82 Å². The normalized spacial score (nSPS) is 11.3. The molecule has 0 aromatic heterocycles. The lowest BCUT2D eigenvalue weighted by molar-refractivity contribution is 0.598. The van der Waals surface area contributed by atoms with Gasteiger partial charge in [-0.3, -0.25) is 4.72 Å². The number of hydrogen-bond donors (Lipinski definition) is 2. The monoisotopic (exact) mass is 314 g/mol. The Balaban J connectivity index is 2.19. The van der Waals surface area contributed by atoms with Gasteiger partial charge in [-0.15, -0.1) is 0 Å². The van der Waals surface area contributed by atoms with E-state index in [0.29, 0.717) is 11.3 Å². The highest BCUT2D eigenvalue weighted by Crippen LogP contribution is 2.23. The van der Waals surface area contributed by atoms with E-state index in [1.165, 1.54) is 18.2 Å². The Hall–Kier alpha value is -1.79. The number of halogens is 2. The van der Waals surface area contributed by atoms with Gasteiger partial charge in [0.1, 0.15) is 0 Å². The lowest BCUT2D eigenvalue weighted by Crippen LogP contribution is -2.16. The molecule has 7 heteroatoms. The minimum Gasteiger partial charge on any atom is -0.399 e. The van der Waals surface area contributed by atoms with Crippen molar-refractivity contribution in [2.75, 3.05) is 10.5 Å². The summed E-state index contributed by atoms with van der Waals surface area (Å²) in [6, 6.07) is 10.5. The molecular weight excluding hydrogens is 303 g/mol. The van der Waals surface area contributed by atoms with E-state index >= 15 is 0 Å². The van der Waals surface area contributed by atoms with Crippen molar-refractivity contribution in [3.63, 3.8) is 0 Å². The quantitative estimate of drug-likeness (QED) is 0.852. The Bertz CT molecular complexity index is 718. The van der Waals surface area contributed by atoms with Crippen LogP contribution in [0.25, 0.3) is 0 Å². The van der Waals surface area contributed by atoms with Crippen molar-refractivity contribution in [2.45, 2.75) is 5.75 Å². The van der Waals surface area contributed by atoms with E-state index in [1.807, 2.05) is 0 Å². The number of nitrogen functional groups attached to an aromatic ring is 1. The second-order valence-electron chi connectivity index (χ2n) is 4.20. The van der Waals surface area contributed by atoms with Gasteiger partial charge in [-0.1, -0.05) is 29.8 Å². The summed E-state index contributed by atoms with van der Waals surface area (Å²) in [6.45, 7) is 0. The molecule has 0 bridgehead atoms. The molecule has 0 amide bonds. The van der Waals surface area contributed by atoms with Crippen LogP contribution < -0.4 is 10.5 Å². The van der Waals surface area contributed by atoms with Gasteiger partial charge in [0.05, 0.1) is 16.5 Å². The standard InChI is InChI=1S/C13H12ClFN2O2S/c14-11-2-1-3-12(13(11)15)17-20(18,19)8-9-4-6-10(16)7-5-9/h1-7,17H,8,16H2. The molecule has 0 spiro atoms. The molecule has 0 aliphatic rings. The molecule has 0 aliphatic heterocycles. The highest BCUT2D eigenvalue weighted by molar-refractivity contribution is 7.91. The summed E-state index contributed by atoms with van der Waals surface area (Å²) in [6.07, 6.45) is 0. The largest absolute Gasteiger partial charge is 0.399 e. The third-order valence-electron chi connectivity index (χ3n) is 2.55. The van der Waals surface area contributed by atoms with E-state index in [9.17, 15) is 12.8 Å². The zero-order valence-corrected chi connectivity index (χ0v) is 11.9. The van der Waals surface area contributed by atoms with Crippen molar-refractivity contribution in [3.8, 4) is 0 Å². The van der Waals surface area contributed by atoms with Crippen LogP contribution >= 0.6 is 11.6 Å². The van der Waals surface area contributed by atoms with E-state index < -0.39 is 15.8 Å². The van der Waals surface area contributed by atoms with Gasteiger partial charge in [-0.05, 0) is 29.8 Å². The second-order valence-corrected chi connectivity index (χ2v) is 6.33. The summed E-state index contributed by atoms with van der Waals surface area (Å²) in [5.74, 6) is -1.07. The lowest BCUT2D eigenvalue weighted by Gasteiger charge is -2.09. The highest BCUT2D eigenvalue weighted by atomic mass is 35.5. The Morgan fingerprint density at radius 1 is 1.15 bits per heavy atom. The van der Waals surface area contributed by atoms with Crippen LogP contribution in [0.4, 0.5) is 15.8 Å². The molecule has 2 rings (SSSR count). The molecule has 3 N–H and O–H groups in total. The Morgan fingerprint density at radius 3 is 2.45 bits per heavy atom. The number of nitrogens with one attached hydrogen (secondary N) is 1. The molecule has 0 saturated carbocycles. The fourth-order valence-electron chi connectivity index (χ4n) is 1.62. The number of nitrogens with two attached hydrogens (primary N) is 1. The highest BCUT2D eigenvalue weighted by Gasteiger charge is 2.15. The van der Waals surface area contributed by atoms with E-state index in [4.69, 9.17) is 17.3 Å². The maximum Gasteiger partial charge on any atom is 0.237 e. The van der Waals surface area contributed by atoms with Gasteiger partial charge in [0, 0.05) is 5.69 Å². The van der Waals surface area contributed by atoms with Crippen LogP contribution in [-0.2, 0) is 15.8 Å². The zero-order chi connectivity index (χ0) is 14.8. The number of anilines is 2. The Kier molecular flexibility index (Phi) is 4.15. The van der Waals surface area contributed by atoms with E-state index in [-0.39, 0.29) is 16.5 Å². The van der Waals surface area contributed by atoms with Gasteiger partial charge >= 0.3 is 0 Å². The molecular formula is C13H12ClFN2O2S. The van der Waals surface area contributed by atoms with Gasteiger partial charge in [-0.2, -0.15) is 0 Å². The molecule has 0 radical (unpaired) electrons. The SMILES string of the molecule is Nc1ccc(CS(=O)(=O)Nc2cccc(Cl)c2F)cc1. The molecule has 0 fully saturated rings. The van der Waals surface area contributed by atoms with Crippen molar-refractivity contribution < 1.29 is 12.8 Å². The molecule has 106 valence electrons. The van der Waals surface area contributed by atoms with Crippen molar-refractivity contribution in [3.05, 3.63) is 58.9 Å². The number of sulfonamides is 1. The molecule has 0 saturated heterocycles. The van der Waals surface area contributed by atoms with E-state index in [0.717, 1.165) is 0 Å². The van der Waals surface area contributed by atoms with Gasteiger partial charge in [0.2, 0.25) is 10.0 Å². The molecule has 2 aromatic rings. The molecule has 0 aliphatic carbocycles. The summed E-state index contributed by atoms with van der Waals surface area (Å²) in [4.78, 5) is 0. The first-order valence-electron chi connectivity index (χ1n) is 5.66. The molecule has 20 heavy (non-hydrogen) atoms. The smallest absolute Gasteiger partial charge is 0.237 e. The minimum atomic E-state index is -3.73. The number of rotatable bonds is 4. The molecule has 4 nitrogen and oxygen atoms in total. The van der Waals surface area contributed by atoms with Crippen molar-refractivity contribution in [2.24, 2.45) is 0 Å². The van der Waals surface area contributed by atoms with Crippen LogP contribution in [0.2, 0.25) is 5.02 Å². The summed E-state index contributed by atoms with van der Waals surface area (Å²) in [7, 11) is -3.73. The minimum absolute atomic E-state index is 0.141. The molecule has 0 unspecified atom stereocenters. The van der Waals surface area contributed by atoms with E-state index in [2.05, 4.69) is 4.72 Å². The predicted molar refractivity (Wildman–Crippen MR) is 78.5 cm³/mol. The number of benzene rings is 2. The maximum absolute atomic E-state index is 13.6. The predicted octanol–water partition coefficient (Wildman–Crippen LogP) is 3.00. The third kappa shape index (κ3) is 3.61. The fraction of sp³-hybridized carbons (Fsp3) is 0.0769. The third-order valence-corrected chi connectivity index (χ3v) is 4.09. The molecule has 2 aromatic carbocycles. The van der Waals surface area contributed by atoms with Crippen LogP contribution in [-0.4, -0.2) is 8.42 Å². The summed E-state index contributed by atoms with van der Waals surface area (Å²) in [5.41, 5.74) is 6.44. The lowest BCUT2D eigenvalue weighted by atomic mass is 10.2. The second kappa shape index (κ2) is 5.68. The summed E-state index contributed by atoms with van der Waals surface area (Å²) in [5, 5.41) is -0.141. The van der Waals surface area contributed by atoms with Crippen LogP contribution in [0.3, 0.4) is 0 Å². The van der Waals surface area contributed by atoms with Crippen LogP contribution in [0.15, 0.2) is 42.5 Å². The maximum atomic E-state index is 13.6.